The summed E-state index contributed by atoms with van der Waals surface area (Å²) < 4.78 is 13.4. The van der Waals surface area contributed by atoms with Gasteiger partial charge in [-0.05, 0) is 35.6 Å². The average molecular weight is 337 g/mol. The summed E-state index contributed by atoms with van der Waals surface area (Å²) >= 11 is 1.29. The summed E-state index contributed by atoms with van der Waals surface area (Å²) in [5.74, 6) is -0.324. The third-order valence-electron chi connectivity index (χ3n) is 3.50. The molecule has 3 aromatic rings. The zero-order valence-electron chi connectivity index (χ0n) is 12.7. The molecule has 0 fully saturated rings. The molecule has 0 radical (unpaired) electrons. The minimum absolute atomic E-state index is 0.0378. The van der Waals surface area contributed by atoms with Crippen molar-refractivity contribution < 1.29 is 4.39 Å². The summed E-state index contributed by atoms with van der Waals surface area (Å²) in [4.78, 5) is 19.0. The third kappa shape index (κ3) is 3.07. The van der Waals surface area contributed by atoms with Crippen molar-refractivity contribution in [1.29, 1.82) is 5.26 Å². The minimum Gasteiger partial charge on any atom is -0.300 e. The van der Waals surface area contributed by atoms with Crippen molar-refractivity contribution in [2.45, 2.75) is 5.16 Å². The molecule has 0 bridgehead atoms. The van der Waals surface area contributed by atoms with Crippen molar-refractivity contribution in [3.63, 3.8) is 0 Å². The molecule has 24 heavy (non-hydrogen) atoms. The Balaban J connectivity index is 2.18. The number of aromatic nitrogens is 2. The summed E-state index contributed by atoms with van der Waals surface area (Å²) in [6.45, 7) is 0. The van der Waals surface area contributed by atoms with Crippen molar-refractivity contribution in [3.8, 4) is 28.5 Å². The first-order chi connectivity index (χ1) is 11.6. The van der Waals surface area contributed by atoms with E-state index in [9.17, 15) is 14.4 Å². The van der Waals surface area contributed by atoms with Crippen molar-refractivity contribution >= 4 is 11.8 Å². The van der Waals surface area contributed by atoms with Crippen LogP contribution in [-0.4, -0.2) is 16.2 Å². The van der Waals surface area contributed by atoms with Crippen molar-refractivity contribution in [2.24, 2.45) is 0 Å². The van der Waals surface area contributed by atoms with Gasteiger partial charge in [-0.1, -0.05) is 42.1 Å². The first kappa shape index (κ1) is 16.0. The molecule has 1 aromatic heterocycles. The molecule has 6 heteroatoms. The molecule has 0 spiro atoms. The summed E-state index contributed by atoms with van der Waals surface area (Å²) in [7, 11) is 0. The lowest BCUT2D eigenvalue weighted by Gasteiger charge is -2.08. The van der Waals surface area contributed by atoms with Crippen LogP contribution >= 0.6 is 11.8 Å². The van der Waals surface area contributed by atoms with E-state index in [4.69, 9.17) is 0 Å². The zero-order valence-corrected chi connectivity index (χ0v) is 13.5. The zero-order chi connectivity index (χ0) is 17.1. The number of hydrogen-bond donors (Lipinski definition) is 1. The maximum Gasteiger partial charge on any atom is 0.270 e. The van der Waals surface area contributed by atoms with Gasteiger partial charge in [0.15, 0.2) is 5.16 Å². The van der Waals surface area contributed by atoms with Crippen LogP contribution in [0.15, 0.2) is 58.5 Å². The SMILES string of the molecule is CSc1nc(-c2cccc(-c3cccc(F)c3)c2)c(C#N)c(=O)[nH]1. The van der Waals surface area contributed by atoms with E-state index in [-0.39, 0.29) is 11.4 Å². The molecule has 2 aromatic carbocycles. The fourth-order valence-electron chi connectivity index (χ4n) is 2.38. The molecule has 0 atom stereocenters. The Kier molecular flexibility index (Phi) is 4.45. The summed E-state index contributed by atoms with van der Waals surface area (Å²) in [6.07, 6.45) is 1.79. The second kappa shape index (κ2) is 6.69. The van der Waals surface area contributed by atoms with E-state index in [0.717, 1.165) is 5.56 Å². The highest BCUT2D eigenvalue weighted by atomic mass is 32.2. The predicted octanol–water partition coefficient (Wildman–Crippen LogP) is 3.84. The number of thioether (sulfide) groups is 1. The van der Waals surface area contributed by atoms with Gasteiger partial charge in [-0.2, -0.15) is 5.26 Å². The van der Waals surface area contributed by atoms with E-state index in [1.54, 1.807) is 36.6 Å². The number of nitrogens with zero attached hydrogens (tertiary/aromatic N) is 2. The molecule has 0 amide bonds. The lowest BCUT2D eigenvalue weighted by Crippen LogP contribution is -2.14. The first-order valence-corrected chi connectivity index (χ1v) is 8.29. The number of aromatic amines is 1. The van der Waals surface area contributed by atoms with Crippen LogP contribution < -0.4 is 5.56 Å². The molecule has 0 aliphatic carbocycles. The van der Waals surface area contributed by atoms with Gasteiger partial charge in [-0.15, -0.1) is 0 Å². The standard InChI is InChI=1S/C18H12FN3OS/c1-24-18-21-16(15(10-20)17(23)22-18)13-6-2-4-11(8-13)12-5-3-7-14(19)9-12/h2-9H,1H3,(H,21,22,23). The van der Waals surface area contributed by atoms with Crippen molar-refractivity contribution in [3.05, 3.63) is 70.3 Å². The Labute approximate surface area is 142 Å². The molecule has 0 saturated heterocycles. The van der Waals surface area contributed by atoms with Crippen LogP contribution in [0.4, 0.5) is 4.39 Å². The highest BCUT2D eigenvalue weighted by Crippen LogP contribution is 2.27. The molecule has 0 saturated carbocycles. The Hall–Kier alpha value is -2.91. The van der Waals surface area contributed by atoms with Crippen LogP contribution in [-0.2, 0) is 0 Å². The number of hydrogen-bond acceptors (Lipinski definition) is 4. The molecule has 118 valence electrons. The Morgan fingerprint density at radius 1 is 1.12 bits per heavy atom. The van der Waals surface area contributed by atoms with Gasteiger partial charge in [0.2, 0.25) is 0 Å². The molecule has 3 rings (SSSR count). The number of nitrogens with one attached hydrogen (secondary N) is 1. The van der Waals surface area contributed by atoms with Crippen LogP contribution in [0.5, 0.6) is 0 Å². The molecule has 0 aliphatic rings. The second-order valence-electron chi connectivity index (χ2n) is 5.00. The Bertz CT molecular complexity index is 1010. The van der Waals surface area contributed by atoms with Crippen molar-refractivity contribution in [1.82, 2.24) is 9.97 Å². The third-order valence-corrected chi connectivity index (χ3v) is 4.08. The summed E-state index contributed by atoms with van der Waals surface area (Å²) in [5, 5.41) is 9.72. The molecule has 0 aliphatic heterocycles. The molecule has 0 unspecified atom stereocenters. The molecule has 4 nitrogen and oxygen atoms in total. The van der Waals surface area contributed by atoms with E-state index in [2.05, 4.69) is 9.97 Å². The number of H-pyrrole nitrogens is 1. The van der Waals surface area contributed by atoms with Gasteiger partial charge in [0.1, 0.15) is 17.4 Å². The van der Waals surface area contributed by atoms with Crippen LogP contribution in [0, 0.1) is 17.1 Å². The smallest absolute Gasteiger partial charge is 0.270 e. The fourth-order valence-corrected chi connectivity index (χ4v) is 2.75. The van der Waals surface area contributed by atoms with Crippen LogP contribution in [0.2, 0.25) is 0 Å². The van der Waals surface area contributed by atoms with Gasteiger partial charge in [0.05, 0.1) is 5.69 Å². The summed E-state index contributed by atoms with van der Waals surface area (Å²) in [5.41, 5.74) is 1.94. The Morgan fingerprint density at radius 3 is 2.46 bits per heavy atom. The normalized spacial score (nSPS) is 10.4. The monoisotopic (exact) mass is 337 g/mol. The second-order valence-corrected chi connectivity index (χ2v) is 5.80. The quantitative estimate of drug-likeness (QED) is 0.582. The van der Waals surface area contributed by atoms with Crippen molar-refractivity contribution in [2.75, 3.05) is 6.26 Å². The lowest BCUT2D eigenvalue weighted by atomic mass is 10.00. The molecular formula is C18H12FN3OS. The maximum atomic E-state index is 13.4. The lowest BCUT2D eigenvalue weighted by molar-refractivity contribution is 0.628. The highest BCUT2D eigenvalue weighted by Gasteiger charge is 2.13. The van der Waals surface area contributed by atoms with Crippen LogP contribution in [0.1, 0.15) is 5.56 Å². The van der Waals surface area contributed by atoms with E-state index in [1.807, 2.05) is 12.1 Å². The number of benzene rings is 2. The van der Waals surface area contributed by atoms with Gasteiger partial charge in [-0.25, -0.2) is 9.37 Å². The average Bonchev–Trinajstić information content (AvgIpc) is 2.61. The van der Waals surface area contributed by atoms with Crippen LogP contribution in [0.25, 0.3) is 22.4 Å². The highest BCUT2D eigenvalue weighted by molar-refractivity contribution is 7.98. The predicted molar refractivity (Wildman–Crippen MR) is 92.2 cm³/mol. The van der Waals surface area contributed by atoms with Gasteiger partial charge in [0.25, 0.3) is 5.56 Å². The van der Waals surface area contributed by atoms with E-state index in [1.165, 1.54) is 23.9 Å². The Morgan fingerprint density at radius 2 is 1.79 bits per heavy atom. The van der Waals surface area contributed by atoms with E-state index in [0.29, 0.717) is 22.0 Å². The first-order valence-electron chi connectivity index (χ1n) is 7.07. The topological polar surface area (TPSA) is 69.5 Å². The van der Waals surface area contributed by atoms with Gasteiger partial charge < -0.3 is 4.98 Å². The number of halogens is 1. The van der Waals surface area contributed by atoms with Gasteiger partial charge in [-0.3, -0.25) is 4.79 Å². The number of nitriles is 1. The molecular weight excluding hydrogens is 325 g/mol. The minimum atomic E-state index is -0.469. The molecule has 1 heterocycles. The molecule has 1 N–H and O–H groups in total. The van der Waals surface area contributed by atoms with Gasteiger partial charge >= 0.3 is 0 Å². The van der Waals surface area contributed by atoms with Gasteiger partial charge in [0, 0.05) is 5.56 Å². The van der Waals surface area contributed by atoms with E-state index >= 15 is 0 Å². The fraction of sp³-hybridized carbons (Fsp3) is 0.0556. The maximum absolute atomic E-state index is 13.4. The van der Waals surface area contributed by atoms with E-state index < -0.39 is 5.56 Å². The van der Waals surface area contributed by atoms with Crippen LogP contribution in [0.3, 0.4) is 0 Å². The number of rotatable bonds is 3. The summed E-state index contributed by atoms with van der Waals surface area (Å²) in [6, 6.07) is 15.3. The largest absolute Gasteiger partial charge is 0.300 e.